The fraction of sp³-hybridized carbons (Fsp3) is 0.400. The van der Waals surface area contributed by atoms with Gasteiger partial charge in [0.2, 0.25) is 0 Å². The Kier molecular flexibility index (Phi) is 7.05. The van der Waals surface area contributed by atoms with E-state index in [4.69, 9.17) is 18.9 Å². The summed E-state index contributed by atoms with van der Waals surface area (Å²) in [4.78, 5) is 2.34. The number of H-pyrrole nitrogens is 1. The third-order valence-corrected chi connectivity index (χ3v) is 5.74. The van der Waals surface area contributed by atoms with Crippen molar-refractivity contribution in [2.24, 2.45) is 0 Å². The third-order valence-electron chi connectivity index (χ3n) is 5.74. The molecule has 1 aliphatic rings. The van der Waals surface area contributed by atoms with Gasteiger partial charge in [0.15, 0.2) is 11.5 Å². The van der Waals surface area contributed by atoms with Gasteiger partial charge < -0.3 is 24.1 Å². The average molecular weight is 454 g/mol. The summed E-state index contributed by atoms with van der Waals surface area (Å²) in [7, 11) is 3.20. The first-order valence-electron chi connectivity index (χ1n) is 11.1. The van der Waals surface area contributed by atoms with Crippen molar-refractivity contribution in [3.8, 4) is 45.4 Å². The lowest BCUT2D eigenvalue weighted by molar-refractivity contribution is -0.0699. The Bertz CT molecular complexity index is 1070. The predicted octanol–water partition coefficient (Wildman–Crippen LogP) is 3.95. The highest BCUT2D eigenvalue weighted by atomic mass is 16.5. The van der Waals surface area contributed by atoms with E-state index in [9.17, 15) is 5.11 Å². The molecule has 2 heterocycles. The Balaban J connectivity index is 1.47. The lowest BCUT2D eigenvalue weighted by Gasteiger charge is -2.35. The number of ether oxygens (including phenoxy) is 4. The molecule has 1 aromatic heterocycles. The summed E-state index contributed by atoms with van der Waals surface area (Å²) in [6.07, 6.45) is 2.18. The minimum atomic E-state index is 0.118. The number of phenols is 1. The molecule has 1 saturated heterocycles. The maximum atomic E-state index is 10.7. The molecule has 0 saturated carbocycles. The zero-order chi connectivity index (χ0) is 23.4. The first-order chi connectivity index (χ1) is 16.0. The average Bonchev–Trinajstić information content (AvgIpc) is 3.27. The van der Waals surface area contributed by atoms with Gasteiger partial charge in [0.25, 0.3) is 0 Å². The molecule has 8 nitrogen and oxygen atoms in total. The summed E-state index contributed by atoms with van der Waals surface area (Å²) < 4.78 is 22.4. The van der Waals surface area contributed by atoms with Gasteiger partial charge >= 0.3 is 0 Å². The summed E-state index contributed by atoms with van der Waals surface area (Å²) >= 11 is 0. The molecular formula is C25H31N3O5. The van der Waals surface area contributed by atoms with Crippen molar-refractivity contribution < 1.29 is 24.1 Å². The first kappa shape index (κ1) is 22.9. The molecule has 4 rings (SSSR count). The summed E-state index contributed by atoms with van der Waals surface area (Å²) in [5.41, 5.74) is 3.09. The van der Waals surface area contributed by atoms with Crippen molar-refractivity contribution in [1.29, 1.82) is 0 Å². The van der Waals surface area contributed by atoms with Crippen molar-refractivity contribution in [1.82, 2.24) is 15.1 Å². The largest absolute Gasteiger partial charge is 0.507 e. The molecule has 2 atom stereocenters. The van der Waals surface area contributed by atoms with Crippen LogP contribution < -0.4 is 14.2 Å². The van der Waals surface area contributed by atoms with Crippen LogP contribution in [0.4, 0.5) is 0 Å². The number of aromatic amines is 1. The van der Waals surface area contributed by atoms with E-state index in [0.29, 0.717) is 35.1 Å². The highest BCUT2D eigenvalue weighted by Crippen LogP contribution is 2.39. The van der Waals surface area contributed by atoms with Crippen LogP contribution >= 0.6 is 0 Å². The number of benzene rings is 2. The number of methoxy groups -OCH3 is 2. The molecule has 0 radical (unpaired) electrons. The molecule has 2 N–H and O–H groups in total. The molecule has 176 valence electrons. The van der Waals surface area contributed by atoms with E-state index < -0.39 is 0 Å². The lowest BCUT2D eigenvalue weighted by atomic mass is 10.0. The van der Waals surface area contributed by atoms with Crippen LogP contribution in [0.5, 0.6) is 23.0 Å². The number of nitrogens with one attached hydrogen (secondary N) is 1. The number of aromatic nitrogens is 2. The van der Waals surface area contributed by atoms with Gasteiger partial charge in [-0.1, -0.05) is 6.07 Å². The smallest absolute Gasteiger partial charge is 0.161 e. The van der Waals surface area contributed by atoms with Crippen LogP contribution in [-0.4, -0.2) is 72.9 Å². The number of morpholine rings is 1. The number of aromatic hydroxyl groups is 1. The lowest BCUT2D eigenvalue weighted by Crippen LogP contribution is -2.46. The second-order valence-electron chi connectivity index (χ2n) is 8.27. The number of phenolic OH excluding ortho intramolecular Hbond substituents is 1. The molecule has 0 aliphatic carbocycles. The highest BCUT2D eigenvalue weighted by molar-refractivity contribution is 5.84. The Labute approximate surface area is 194 Å². The van der Waals surface area contributed by atoms with Crippen LogP contribution in [0.25, 0.3) is 22.4 Å². The number of hydrogen-bond donors (Lipinski definition) is 2. The Morgan fingerprint density at radius 3 is 2.48 bits per heavy atom. The van der Waals surface area contributed by atoms with Crippen LogP contribution in [0, 0.1) is 0 Å². The minimum absolute atomic E-state index is 0.118. The van der Waals surface area contributed by atoms with Gasteiger partial charge in [0.1, 0.15) is 18.1 Å². The molecule has 0 amide bonds. The Morgan fingerprint density at radius 1 is 1.03 bits per heavy atom. The van der Waals surface area contributed by atoms with E-state index in [2.05, 4.69) is 28.9 Å². The topological polar surface area (TPSA) is 89.1 Å². The molecule has 33 heavy (non-hydrogen) atoms. The second kappa shape index (κ2) is 10.1. The van der Waals surface area contributed by atoms with Gasteiger partial charge in [-0.15, -0.1) is 0 Å². The zero-order valence-electron chi connectivity index (χ0n) is 19.5. The molecule has 8 heteroatoms. The number of nitrogens with zero attached hydrogens (tertiary/aromatic N) is 2. The van der Waals surface area contributed by atoms with Crippen molar-refractivity contribution in [3.63, 3.8) is 0 Å². The second-order valence-corrected chi connectivity index (χ2v) is 8.27. The predicted molar refractivity (Wildman–Crippen MR) is 126 cm³/mol. The maximum Gasteiger partial charge on any atom is 0.161 e. The van der Waals surface area contributed by atoms with Crippen molar-refractivity contribution in [3.05, 3.63) is 42.6 Å². The normalized spacial score (nSPS) is 18.8. The Hall–Kier alpha value is -3.23. The van der Waals surface area contributed by atoms with Crippen molar-refractivity contribution in [2.45, 2.75) is 26.1 Å². The maximum absolute atomic E-state index is 10.7. The highest BCUT2D eigenvalue weighted by Gasteiger charge is 2.22. The van der Waals surface area contributed by atoms with Crippen LogP contribution in [-0.2, 0) is 4.74 Å². The van der Waals surface area contributed by atoms with Crippen molar-refractivity contribution in [2.75, 3.05) is 40.5 Å². The fourth-order valence-electron chi connectivity index (χ4n) is 4.29. The standard InChI is InChI=1S/C25H31N3O5/c1-16-14-28(15-17(2)33-16)9-10-32-19-6-7-20(22(29)12-19)25-21(13-26-27-25)18-5-8-23(30-3)24(11-18)31-4/h5-8,11-13,16-17,29H,9-10,14-15H2,1-4H3,(H,26,27)/t16-,17-/m1/s1. The van der Waals surface area contributed by atoms with Gasteiger partial charge in [-0.3, -0.25) is 10.00 Å². The van der Waals surface area contributed by atoms with E-state index in [1.807, 2.05) is 30.3 Å². The van der Waals surface area contributed by atoms with E-state index in [-0.39, 0.29) is 18.0 Å². The molecule has 2 aromatic carbocycles. The van der Waals surface area contributed by atoms with E-state index in [0.717, 1.165) is 30.8 Å². The van der Waals surface area contributed by atoms with Crippen LogP contribution in [0.3, 0.4) is 0 Å². The van der Waals surface area contributed by atoms with Gasteiger partial charge in [0.05, 0.1) is 38.3 Å². The molecule has 0 unspecified atom stereocenters. The summed E-state index contributed by atoms with van der Waals surface area (Å²) in [6, 6.07) is 11.0. The zero-order valence-corrected chi connectivity index (χ0v) is 19.5. The number of hydrogen-bond acceptors (Lipinski definition) is 7. The quantitative estimate of drug-likeness (QED) is 0.534. The van der Waals surface area contributed by atoms with Gasteiger partial charge in [-0.05, 0) is 43.7 Å². The third kappa shape index (κ3) is 5.23. The van der Waals surface area contributed by atoms with Crippen LogP contribution in [0.15, 0.2) is 42.6 Å². The van der Waals surface area contributed by atoms with Gasteiger partial charge in [0, 0.05) is 36.8 Å². The van der Waals surface area contributed by atoms with E-state index >= 15 is 0 Å². The molecule has 1 fully saturated rings. The molecule has 3 aromatic rings. The van der Waals surface area contributed by atoms with E-state index in [1.54, 1.807) is 26.5 Å². The molecule has 0 bridgehead atoms. The first-order valence-corrected chi connectivity index (χ1v) is 11.1. The van der Waals surface area contributed by atoms with Crippen LogP contribution in [0.2, 0.25) is 0 Å². The fourth-order valence-corrected chi connectivity index (χ4v) is 4.29. The summed E-state index contributed by atoms with van der Waals surface area (Å²) in [6.45, 7) is 7.33. The molecular weight excluding hydrogens is 422 g/mol. The summed E-state index contributed by atoms with van der Waals surface area (Å²) in [5, 5.41) is 17.9. The summed E-state index contributed by atoms with van der Waals surface area (Å²) in [5.74, 6) is 2.01. The van der Waals surface area contributed by atoms with Crippen molar-refractivity contribution >= 4 is 0 Å². The molecule has 1 aliphatic heterocycles. The van der Waals surface area contributed by atoms with Gasteiger partial charge in [-0.2, -0.15) is 5.10 Å². The van der Waals surface area contributed by atoms with E-state index in [1.165, 1.54) is 0 Å². The molecule has 0 spiro atoms. The number of rotatable bonds is 8. The van der Waals surface area contributed by atoms with Gasteiger partial charge in [-0.25, -0.2) is 0 Å². The van der Waals surface area contributed by atoms with Crippen LogP contribution in [0.1, 0.15) is 13.8 Å². The monoisotopic (exact) mass is 453 g/mol. The minimum Gasteiger partial charge on any atom is -0.507 e. The Morgan fingerprint density at radius 2 is 1.79 bits per heavy atom. The SMILES string of the molecule is COc1ccc(-c2cn[nH]c2-c2ccc(OCCN3C[C@@H](C)O[C@H](C)C3)cc2O)cc1OC.